The number of nitrogens with two attached hydrogens (primary N) is 1. The Morgan fingerprint density at radius 1 is 1.38 bits per heavy atom. The summed E-state index contributed by atoms with van der Waals surface area (Å²) in [6.45, 7) is 0. The van der Waals surface area contributed by atoms with Crippen LogP contribution < -0.4 is 5.73 Å². The minimum Gasteiger partial charge on any atom is -0.398 e. The quantitative estimate of drug-likeness (QED) is 0.823. The smallest absolute Gasteiger partial charge is 0.0827 e. The third-order valence-electron chi connectivity index (χ3n) is 3.53. The van der Waals surface area contributed by atoms with E-state index in [0.29, 0.717) is 11.6 Å². The van der Waals surface area contributed by atoms with Crippen LogP contribution >= 0.6 is 0 Å². The van der Waals surface area contributed by atoms with Gasteiger partial charge in [0.1, 0.15) is 0 Å². The van der Waals surface area contributed by atoms with E-state index in [1.807, 2.05) is 0 Å². The molecule has 1 aliphatic carbocycles. The average molecular weight is 220 g/mol. The number of nitrogen functional groups attached to an aromatic ring is 1. The van der Waals surface area contributed by atoms with Crippen LogP contribution in [0.3, 0.4) is 0 Å². The number of hydrogen-bond acceptors (Lipinski definition) is 3. The molecule has 1 atom stereocenters. The van der Waals surface area contributed by atoms with Crippen LogP contribution in [0.4, 0.5) is 5.69 Å². The lowest BCUT2D eigenvalue weighted by Gasteiger charge is -2.24. The van der Waals surface area contributed by atoms with Gasteiger partial charge in [0.25, 0.3) is 0 Å². The SMILES string of the molecule is Nc1ccncc1C(O)CC1CCCCC1. The zero-order valence-corrected chi connectivity index (χ0v) is 9.60. The Bertz CT molecular complexity index is 334. The second-order valence-electron chi connectivity index (χ2n) is 4.76. The molecule has 0 spiro atoms. The van der Waals surface area contributed by atoms with Gasteiger partial charge >= 0.3 is 0 Å². The summed E-state index contributed by atoms with van der Waals surface area (Å²) in [5, 5.41) is 10.1. The van der Waals surface area contributed by atoms with Gasteiger partial charge in [-0.2, -0.15) is 0 Å². The first-order valence-electron chi connectivity index (χ1n) is 6.15. The van der Waals surface area contributed by atoms with Crippen LogP contribution in [0.2, 0.25) is 0 Å². The molecule has 1 heterocycles. The van der Waals surface area contributed by atoms with Crippen molar-refractivity contribution in [3.63, 3.8) is 0 Å². The van der Waals surface area contributed by atoms with E-state index in [2.05, 4.69) is 4.98 Å². The predicted octanol–water partition coefficient (Wildman–Crippen LogP) is 2.67. The Labute approximate surface area is 96.7 Å². The Kier molecular flexibility index (Phi) is 3.78. The molecular formula is C13H20N2O. The molecule has 1 aromatic rings. The van der Waals surface area contributed by atoms with Gasteiger partial charge in [0.15, 0.2) is 0 Å². The highest BCUT2D eigenvalue weighted by atomic mass is 16.3. The van der Waals surface area contributed by atoms with Gasteiger partial charge < -0.3 is 10.8 Å². The largest absolute Gasteiger partial charge is 0.398 e. The molecule has 0 bridgehead atoms. The summed E-state index contributed by atoms with van der Waals surface area (Å²) in [6, 6.07) is 1.75. The highest BCUT2D eigenvalue weighted by Gasteiger charge is 2.19. The first-order valence-corrected chi connectivity index (χ1v) is 6.15. The van der Waals surface area contributed by atoms with Crippen molar-refractivity contribution in [2.24, 2.45) is 5.92 Å². The van der Waals surface area contributed by atoms with E-state index in [0.717, 1.165) is 12.0 Å². The molecule has 1 aromatic heterocycles. The van der Waals surface area contributed by atoms with Crippen LogP contribution in [0.15, 0.2) is 18.5 Å². The van der Waals surface area contributed by atoms with Crippen molar-refractivity contribution >= 4 is 5.69 Å². The summed E-state index contributed by atoms with van der Waals surface area (Å²) in [5.41, 5.74) is 7.26. The van der Waals surface area contributed by atoms with Gasteiger partial charge in [-0.1, -0.05) is 32.1 Å². The van der Waals surface area contributed by atoms with Gasteiger partial charge in [-0.25, -0.2) is 0 Å². The molecule has 3 nitrogen and oxygen atoms in total. The molecule has 88 valence electrons. The molecule has 1 fully saturated rings. The van der Waals surface area contributed by atoms with Crippen molar-refractivity contribution in [3.8, 4) is 0 Å². The third kappa shape index (κ3) is 2.73. The monoisotopic (exact) mass is 220 g/mol. The van der Waals surface area contributed by atoms with E-state index in [9.17, 15) is 5.11 Å². The summed E-state index contributed by atoms with van der Waals surface area (Å²) < 4.78 is 0. The molecule has 2 rings (SSSR count). The molecule has 3 N–H and O–H groups in total. The zero-order valence-electron chi connectivity index (χ0n) is 9.60. The van der Waals surface area contributed by atoms with Crippen molar-refractivity contribution in [2.45, 2.75) is 44.6 Å². The van der Waals surface area contributed by atoms with Crippen molar-refractivity contribution in [3.05, 3.63) is 24.0 Å². The van der Waals surface area contributed by atoms with Crippen molar-refractivity contribution < 1.29 is 5.11 Å². The summed E-state index contributed by atoms with van der Waals surface area (Å²) in [6.07, 6.45) is 10.2. The zero-order chi connectivity index (χ0) is 11.4. The number of pyridine rings is 1. The Hall–Kier alpha value is -1.09. The molecule has 16 heavy (non-hydrogen) atoms. The van der Waals surface area contributed by atoms with Gasteiger partial charge in [0.2, 0.25) is 0 Å². The maximum absolute atomic E-state index is 10.1. The molecule has 0 saturated heterocycles. The summed E-state index contributed by atoms with van der Waals surface area (Å²) in [4.78, 5) is 4.02. The molecule has 0 aromatic carbocycles. The van der Waals surface area contributed by atoms with E-state index < -0.39 is 6.10 Å². The molecule has 0 aliphatic heterocycles. The Morgan fingerprint density at radius 2 is 2.12 bits per heavy atom. The van der Waals surface area contributed by atoms with E-state index in [1.165, 1.54) is 32.1 Å². The number of nitrogens with zero attached hydrogens (tertiary/aromatic N) is 1. The first kappa shape index (κ1) is 11.4. The summed E-state index contributed by atoms with van der Waals surface area (Å²) >= 11 is 0. The predicted molar refractivity (Wildman–Crippen MR) is 64.8 cm³/mol. The lowest BCUT2D eigenvalue weighted by atomic mass is 9.84. The number of anilines is 1. The van der Waals surface area contributed by atoms with E-state index in [-0.39, 0.29) is 0 Å². The number of aromatic nitrogens is 1. The molecule has 1 unspecified atom stereocenters. The van der Waals surface area contributed by atoms with Crippen LogP contribution in [-0.4, -0.2) is 10.1 Å². The van der Waals surface area contributed by atoms with Crippen molar-refractivity contribution in [1.82, 2.24) is 4.98 Å². The molecule has 1 saturated carbocycles. The fourth-order valence-corrected chi connectivity index (χ4v) is 2.56. The number of aliphatic hydroxyl groups is 1. The fourth-order valence-electron chi connectivity index (χ4n) is 2.56. The minimum atomic E-state index is -0.447. The van der Waals surface area contributed by atoms with Crippen LogP contribution in [-0.2, 0) is 0 Å². The van der Waals surface area contributed by atoms with Gasteiger partial charge in [-0.05, 0) is 18.4 Å². The minimum absolute atomic E-state index is 0.447. The maximum atomic E-state index is 10.1. The van der Waals surface area contributed by atoms with E-state index in [4.69, 9.17) is 5.73 Å². The van der Waals surface area contributed by atoms with Gasteiger partial charge in [0, 0.05) is 23.6 Å². The molecule has 0 amide bonds. The highest BCUT2D eigenvalue weighted by molar-refractivity contribution is 5.45. The summed E-state index contributed by atoms with van der Waals surface area (Å²) in [7, 11) is 0. The highest BCUT2D eigenvalue weighted by Crippen LogP contribution is 2.32. The van der Waals surface area contributed by atoms with Gasteiger partial charge in [-0.15, -0.1) is 0 Å². The van der Waals surface area contributed by atoms with Crippen LogP contribution in [0.1, 0.15) is 50.2 Å². The van der Waals surface area contributed by atoms with Crippen molar-refractivity contribution in [2.75, 3.05) is 5.73 Å². The van der Waals surface area contributed by atoms with Crippen LogP contribution in [0.5, 0.6) is 0 Å². The molecule has 3 heteroatoms. The average Bonchev–Trinajstić information content (AvgIpc) is 2.31. The van der Waals surface area contributed by atoms with E-state index in [1.54, 1.807) is 18.5 Å². The third-order valence-corrected chi connectivity index (χ3v) is 3.53. The summed E-state index contributed by atoms with van der Waals surface area (Å²) in [5.74, 6) is 0.656. The number of rotatable bonds is 3. The molecular weight excluding hydrogens is 200 g/mol. The molecule has 1 aliphatic rings. The Morgan fingerprint density at radius 3 is 2.81 bits per heavy atom. The van der Waals surface area contributed by atoms with E-state index >= 15 is 0 Å². The lowest BCUT2D eigenvalue weighted by Crippen LogP contribution is -2.12. The molecule has 0 radical (unpaired) electrons. The fraction of sp³-hybridized carbons (Fsp3) is 0.615. The standard InChI is InChI=1S/C13H20N2O/c14-12-6-7-15-9-11(12)13(16)8-10-4-2-1-3-5-10/h6-7,9-10,13,16H,1-5,8H2,(H2,14,15). The second kappa shape index (κ2) is 5.30. The van der Waals surface area contributed by atoms with Gasteiger partial charge in [-0.3, -0.25) is 4.98 Å². The maximum Gasteiger partial charge on any atom is 0.0827 e. The normalized spacial score (nSPS) is 19.6. The number of aliphatic hydroxyl groups excluding tert-OH is 1. The van der Waals surface area contributed by atoms with Crippen LogP contribution in [0.25, 0.3) is 0 Å². The van der Waals surface area contributed by atoms with Crippen molar-refractivity contribution in [1.29, 1.82) is 0 Å². The Balaban J connectivity index is 1.96. The first-order chi connectivity index (χ1) is 7.77. The topological polar surface area (TPSA) is 59.1 Å². The number of hydrogen-bond donors (Lipinski definition) is 2. The second-order valence-corrected chi connectivity index (χ2v) is 4.76. The van der Waals surface area contributed by atoms with Crippen LogP contribution in [0, 0.1) is 5.92 Å². The van der Waals surface area contributed by atoms with Gasteiger partial charge in [0.05, 0.1) is 6.10 Å². The lowest BCUT2D eigenvalue weighted by molar-refractivity contribution is 0.131.